The average Bonchev–Trinajstić information content (AvgIpc) is 2.35. The summed E-state index contributed by atoms with van der Waals surface area (Å²) >= 11 is 0. The van der Waals surface area contributed by atoms with Gasteiger partial charge in [0.15, 0.2) is 0 Å². The molecule has 1 aliphatic rings. The van der Waals surface area contributed by atoms with Crippen LogP contribution in [0.25, 0.3) is 0 Å². The molecule has 0 aromatic heterocycles. The molecule has 120 valence electrons. The molecule has 3 atom stereocenters. The van der Waals surface area contributed by atoms with Crippen LogP contribution in [0.2, 0.25) is 0 Å². The van der Waals surface area contributed by atoms with E-state index in [1.54, 1.807) is 4.90 Å². The average molecular weight is 294 g/mol. The van der Waals surface area contributed by atoms with Gasteiger partial charge in [0.1, 0.15) is 0 Å². The fourth-order valence-corrected chi connectivity index (χ4v) is 3.20. The van der Waals surface area contributed by atoms with Crippen LogP contribution in [0, 0.1) is 5.92 Å². The van der Waals surface area contributed by atoms with Gasteiger partial charge >= 0.3 is 6.18 Å². The number of hydrogen-bond donors (Lipinski definition) is 1. The quantitative estimate of drug-likeness (QED) is 0.768. The van der Waals surface area contributed by atoms with Gasteiger partial charge in [-0.1, -0.05) is 20.8 Å². The Labute approximate surface area is 121 Å². The van der Waals surface area contributed by atoms with Crippen molar-refractivity contribution < 1.29 is 13.2 Å². The van der Waals surface area contributed by atoms with Gasteiger partial charge in [-0.15, -0.1) is 0 Å². The molecule has 0 spiro atoms. The van der Waals surface area contributed by atoms with Crippen molar-refractivity contribution in [2.45, 2.75) is 71.1 Å². The lowest BCUT2D eigenvalue weighted by Gasteiger charge is -2.42. The van der Waals surface area contributed by atoms with E-state index in [2.05, 4.69) is 19.2 Å². The summed E-state index contributed by atoms with van der Waals surface area (Å²) in [5, 5.41) is 3.46. The molecule has 0 aliphatic heterocycles. The highest BCUT2D eigenvalue weighted by atomic mass is 19.4. The third kappa shape index (κ3) is 6.00. The van der Waals surface area contributed by atoms with Crippen molar-refractivity contribution in [3.8, 4) is 0 Å². The van der Waals surface area contributed by atoms with Crippen LogP contribution in [-0.4, -0.2) is 42.8 Å². The second kappa shape index (κ2) is 8.23. The Morgan fingerprint density at radius 3 is 2.40 bits per heavy atom. The number of rotatable bonds is 7. The lowest BCUT2D eigenvalue weighted by Crippen LogP contribution is -2.55. The topological polar surface area (TPSA) is 15.3 Å². The Kier molecular flexibility index (Phi) is 7.30. The van der Waals surface area contributed by atoms with E-state index in [-0.39, 0.29) is 12.1 Å². The SMILES string of the molecule is CCCNC1CCC(C)CC1N(CCC)CC(F)(F)F. The summed E-state index contributed by atoms with van der Waals surface area (Å²) in [4.78, 5) is 1.66. The van der Waals surface area contributed by atoms with E-state index in [0.29, 0.717) is 12.5 Å². The molecule has 0 bridgehead atoms. The molecule has 1 saturated carbocycles. The molecule has 0 aromatic carbocycles. The first-order valence-electron chi connectivity index (χ1n) is 7.91. The molecule has 1 aliphatic carbocycles. The van der Waals surface area contributed by atoms with Gasteiger partial charge < -0.3 is 5.32 Å². The molecule has 5 heteroatoms. The highest BCUT2D eigenvalue weighted by Gasteiger charge is 2.38. The minimum Gasteiger partial charge on any atom is -0.312 e. The van der Waals surface area contributed by atoms with Gasteiger partial charge in [0.05, 0.1) is 6.54 Å². The van der Waals surface area contributed by atoms with E-state index in [1.165, 1.54) is 0 Å². The first kappa shape index (κ1) is 17.8. The molecular weight excluding hydrogens is 265 g/mol. The molecule has 0 saturated heterocycles. The van der Waals surface area contributed by atoms with Crippen molar-refractivity contribution in [3.05, 3.63) is 0 Å². The molecule has 0 amide bonds. The number of nitrogens with one attached hydrogen (secondary N) is 1. The first-order chi connectivity index (χ1) is 9.37. The van der Waals surface area contributed by atoms with E-state index in [0.717, 1.165) is 38.6 Å². The van der Waals surface area contributed by atoms with Gasteiger partial charge in [0.2, 0.25) is 0 Å². The van der Waals surface area contributed by atoms with Gasteiger partial charge in [-0.25, -0.2) is 0 Å². The highest BCUT2D eigenvalue weighted by molar-refractivity contribution is 4.91. The van der Waals surface area contributed by atoms with Gasteiger partial charge in [0.25, 0.3) is 0 Å². The summed E-state index contributed by atoms with van der Waals surface area (Å²) in [7, 11) is 0. The maximum atomic E-state index is 12.8. The fraction of sp³-hybridized carbons (Fsp3) is 1.00. The summed E-state index contributed by atoms with van der Waals surface area (Å²) in [6.45, 7) is 6.84. The Hall–Kier alpha value is -0.290. The van der Waals surface area contributed by atoms with E-state index >= 15 is 0 Å². The van der Waals surface area contributed by atoms with Crippen molar-refractivity contribution in [1.29, 1.82) is 0 Å². The third-order valence-electron chi connectivity index (χ3n) is 4.10. The molecule has 0 radical (unpaired) electrons. The lowest BCUT2D eigenvalue weighted by molar-refractivity contribution is -0.154. The van der Waals surface area contributed by atoms with Crippen LogP contribution < -0.4 is 5.32 Å². The second-order valence-electron chi connectivity index (χ2n) is 6.13. The van der Waals surface area contributed by atoms with Crippen molar-refractivity contribution in [2.75, 3.05) is 19.6 Å². The maximum absolute atomic E-state index is 12.8. The van der Waals surface area contributed by atoms with Crippen LogP contribution in [0.3, 0.4) is 0 Å². The minimum atomic E-state index is -4.11. The third-order valence-corrected chi connectivity index (χ3v) is 4.10. The number of halogens is 3. The van der Waals surface area contributed by atoms with Crippen LogP contribution in [0.15, 0.2) is 0 Å². The lowest BCUT2D eigenvalue weighted by atomic mass is 9.82. The zero-order valence-corrected chi connectivity index (χ0v) is 13.0. The molecule has 1 rings (SSSR count). The first-order valence-corrected chi connectivity index (χ1v) is 7.91. The highest BCUT2D eigenvalue weighted by Crippen LogP contribution is 2.30. The minimum absolute atomic E-state index is 0.0203. The number of alkyl halides is 3. The predicted octanol–water partition coefficient (Wildman–Crippen LogP) is 3.82. The largest absolute Gasteiger partial charge is 0.401 e. The molecule has 0 aromatic rings. The summed E-state index contributed by atoms with van der Waals surface area (Å²) < 4.78 is 38.4. The Morgan fingerprint density at radius 1 is 1.15 bits per heavy atom. The van der Waals surface area contributed by atoms with Crippen molar-refractivity contribution >= 4 is 0 Å². The fourth-order valence-electron chi connectivity index (χ4n) is 3.20. The van der Waals surface area contributed by atoms with Crippen LogP contribution in [0.5, 0.6) is 0 Å². The molecule has 3 unspecified atom stereocenters. The molecule has 2 nitrogen and oxygen atoms in total. The number of nitrogens with zero attached hydrogens (tertiary/aromatic N) is 1. The normalized spacial score (nSPS) is 28.1. The van der Waals surface area contributed by atoms with Crippen LogP contribution in [0.1, 0.15) is 52.9 Å². The zero-order valence-electron chi connectivity index (χ0n) is 13.0. The summed E-state index contributed by atoms with van der Waals surface area (Å²) in [6.07, 6.45) is 0.656. The Bertz CT molecular complexity index is 266. The van der Waals surface area contributed by atoms with Crippen molar-refractivity contribution in [2.24, 2.45) is 5.92 Å². The smallest absolute Gasteiger partial charge is 0.312 e. The van der Waals surface area contributed by atoms with Gasteiger partial charge in [-0.2, -0.15) is 13.2 Å². The Balaban J connectivity index is 2.74. The van der Waals surface area contributed by atoms with Gasteiger partial charge in [0, 0.05) is 12.1 Å². The van der Waals surface area contributed by atoms with E-state index in [4.69, 9.17) is 0 Å². The number of hydrogen-bond acceptors (Lipinski definition) is 2. The summed E-state index contributed by atoms with van der Waals surface area (Å²) in [5.41, 5.74) is 0. The molecule has 1 fully saturated rings. The van der Waals surface area contributed by atoms with Crippen LogP contribution >= 0.6 is 0 Å². The molecular formula is C15H29F3N2. The van der Waals surface area contributed by atoms with Crippen molar-refractivity contribution in [1.82, 2.24) is 10.2 Å². The van der Waals surface area contributed by atoms with Crippen LogP contribution in [-0.2, 0) is 0 Å². The molecule has 20 heavy (non-hydrogen) atoms. The van der Waals surface area contributed by atoms with E-state index in [1.807, 2.05) is 6.92 Å². The second-order valence-corrected chi connectivity index (χ2v) is 6.13. The van der Waals surface area contributed by atoms with E-state index in [9.17, 15) is 13.2 Å². The summed E-state index contributed by atoms with van der Waals surface area (Å²) in [6, 6.07) is 0.229. The van der Waals surface area contributed by atoms with Gasteiger partial charge in [-0.3, -0.25) is 4.90 Å². The monoisotopic (exact) mass is 294 g/mol. The zero-order chi connectivity index (χ0) is 15.2. The summed E-state index contributed by atoms with van der Waals surface area (Å²) in [5.74, 6) is 0.521. The standard InChI is InChI=1S/C15H29F3N2/c1-4-8-19-13-7-6-12(3)10-14(13)20(9-5-2)11-15(16,17)18/h12-14,19H,4-11H2,1-3H3. The predicted molar refractivity (Wildman–Crippen MR) is 76.8 cm³/mol. The Morgan fingerprint density at radius 2 is 1.85 bits per heavy atom. The molecule has 0 heterocycles. The molecule has 1 N–H and O–H groups in total. The van der Waals surface area contributed by atoms with Crippen LogP contribution in [0.4, 0.5) is 13.2 Å². The van der Waals surface area contributed by atoms with E-state index < -0.39 is 12.7 Å². The van der Waals surface area contributed by atoms with Gasteiger partial charge in [-0.05, 0) is 51.1 Å². The maximum Gasteiger partial charge on any atom is 0.401 e. The van der Waals surface area contributed by atoms with Crippen molar-refractivity contribution in [3.63, 3.8) is 0 Å².